The van der Waals surface area contributed by atoms with Gasteiger partial charge in [-0.2, -0.15) is 0 Å². The van der Waals surface area contributed by atoms with Gasteiger partial charge in [0.05, 0.1) is 10.7 Å². The quantitative estimate of drug-likeness (QED) is 0.868. The van der Waals surface area contributed by atoms with E-state index in [0.29, 0.717) is 32.0 Å². The Morgan fingerprint density at radius 2 is 1.96 bits per heavy atom. The van der Waals surface area contributed by atoms with Crippen LogP contribution in [-0.4, -0.2) is 41.3 Å². The van der Waals surface area contributed by atoms with Crippen molar-refractivity contribution in [2.24, 2.45) is 11.8 Å². The summed E-state index contributed by atoms with van der Waals surface area (Å²) in [5.41, 5.74) is 0.853. The lowest BCUT2D eigenvalue weighted by Gasteiger charge is -2.36. The number of piperidine rings is 1. The lowest BCUT2D eigenvalue weighted by molar-refractivity contribution is -0.141. The summed E-state index contributed by atoms with van der Waals surface area (Å²) < 4.78 is 0.722. The van der Waals surface area contributed by atoms with E-state index in [1.165, 1.54) is 17.8 Å². The second kappa shape index (κ2) is 7.83. The van der Waals surface area contributed by atoms with Crippen molar-refractivity contribution in [1.82, 2.24) is 15.2 Å². The second-order valence-corrected chi connectivity index (χ2v) is 8.42. The Morgan fingerprint density at radius 1 is 1.25 bits per heavy atom. The summed E-state index contributed by atoms with van der Waals surface area (Å²) in [6.07, 6.45) is 5.51. The van der Waals surface area contributed by atoms with Crippen molar-refractivity contribution in [2.45, 2.75) is 45.4 Å². The number of thiazole rings is 1. The van der Waals surface area contributed by atoms with Crippen molar-refractivity contribution in [3.05, 3.63) is 15.0 Å². The fraction of sp³-hybridized carbons (Fsp3) is 0.706. The summed E-state index contributed by atoms with van der Waals surface area (Å²) in [6.45, 7) is 3.91. The SMILES string of the molecule is Cc1nc(CCNC(=O)C2CCN(C(=O)C3CCC3)CC2)sc1Cl. The molecule has 2 fully saturated rings. The number of aromatic nitrogens is 1. The zero-order valence-corrected chi connectivity index (χ0v) is 15.6. The third-order valence-electron chi connectivity index (χ3n) is 5.05. The minimum atomic E-state index is 0.0251. The molecule has 7 heteroatoms. The maximum atomic E-state index is 12.3. The molecule has 0 radical (unpaired) electrons. The van der Waals surface area contributed by atoms with E-state index in [9.17, 15) is 9.59 Å². The van der Waals surface area contributed by atoms with Crippen molar-refractivity contribution in [3.8, 4) is 0 Å². The van der Waals surface area contributed by atoms with E-state index in [4.69, 9.17) is 11.6 Å². The number of hydrogen-bond donors (Lipinski definition) is 1. The summed E-state index contributed by atoms with van der Waals surface area (Å²) in [5.74, 6) is 0.683. The number of aryl methyl sites for hydroxylation is 1. The average Bonchev–Trinajstić information content (AvgIpc) is 2.84. The van der Waals surface area contributed by atoms with Gasteiger partial charge in [-0.15, -0.1) is 11.3 Å². The van der Waals surface area contributed by atoms with Crippen LogP contribution in [0.1, 0.15) is 42.8 Å². The lowest BCUT2D eigenvalue weighted by Crippen LogP contribution is -2.46. The van der Waals surface area contributed by atoms with Gasteiger partial charge in [0.15, 0.2) is 0 Å². The average molecular weight is 370 g/mol. The van der Waals surface area contributed by atoms with Crippen LogP contribution in [-0.2, 0) is 16.0 Å². The smallest absolute Gasteiger partial charge is 0.225 e. The number of nitrogens with zero attached hydrogens (tertiary/aromatic N) is 2. The van der Waals surface area contributed by atoms with E-state index in [1.54, 1.807) is 0 Å². The molecule has 0 spiro atoms. The molecule has 0 atom stereocenters. The molecule has 24 heavy (non-hydrogen) atoms. The molecule has 0 unspecified atom stereocenters. The summed E-state index contributed by atoms with van der Waals surface area (Å²) >= 11 is 7.48. The van der Waals surface area contributed by atoms with Crippen molar-refractivity contribution < 1.29 is 9.59 Å². The Balaban J connectivity index is 1.38. The molecule has 1 saturated heterocycles. The van der Waals surface area contributed by atoms with Crippen LogP contribution in [0.4, 0.5) is 0 Å². The first kappa shape index (κ1) is 17.7. The number of amides is 2. The van der Waals surface area contributed by atoms with Gasteiger partial charge in [0.2, 0.25) is 11.8 Å². The second-order valence-electron chi connectivity index (χ2n) is 6.74. The molecule has 3 rings (SSSR count). The molecule has 2 amide bonds. The standard InChI is InChI=1S/C17H24ClN3O2S/c1-11-15(18)24-14(20-11)5-8-19-16(22)12-6-9-21(10-7-12)17(23)13-3-2-4-13/h12-13H,2-10H2,1H3,(H,19,22). The van der Waals surface area contributed by atoms with Gasteiger partial charge >= 0.3 is 0 Å². The van der Waals surface area contributed by atoms with Gasteiger partial charge in [-0.1, -0.05) is 18.0 Å². The largest absolute Gasteiger partial charge is 0.355 e. The van der Waals surface area contributed by atoms with E-state index >= 15 is 0 Å². The molecule has 1 aromatic heterocycles. The highest BCUT2D eigenvalue weighted by molar-refractivity contribution is 7.16. The normalized spacial score (nSPS) is 19.2. The number of carbonyl (C=O) groups is 2. The molecule has 132 valence electrons. The maximum absolute atomic E-state index is 12.3. The Hall–Kier alpha value is -1.14. The van der Waals surface area contributed by atoms with Crippen LogP contribution in [0.2, 0.25) is 4.34 Å². The summed E-state index contributed by atoms with van der Waals surface area (Å²) in [7, 11) is 0. The summed E-state index contributed by atoms with van der Waals surface area (Å²) in [5, 5.41) is 3.96. The van der Waals surface area contributed by atoms with Gasteiger partial charge in [0, 0.05) is 37.9 Å². The molecule has 2 heterocycles. The highest BCUT2D eigenvalue weighted by Gasteiger charge is 2.33. The van der Waals surface area contributed by atoms with Crippen LogP contribution in [0.3, 0.4) is 0 Å². The van der Waals surface area contributed by atoms with Crippen LogP contribution in [0, 0.1) is 18.8 Å². The molecule has 0 aromatic carbocycles. The number of halogens is 1. The highest BCUT2D eigenvalue weighted by atomic mass is 35.5. The molecular formula is C17H24ClN3O2S. The molecule has 1 N–H and O–H groups in total. The van der Waals surface area contributed by atoms with E-state index in [1.807, 2.05) is 11.8 Å². The predicted molar refractivity (Wildman–Crippen MR) is 95.2 cm³/mol. The zero-order valence-electron chi connectivity index (χ0n) is 14.0. The van der Waals surface area contributed by atoms with Gasteiger partial charge in [0.25, 0.3) is 0 Å². The molecular weight excluding hydrogens is 346 g/mol. The van der Waals surface area contributed by atoms with Gasteiger partial charge in [-0.3, -0.25) is 9.59 Å². The molecule has 1 aromatic rings. The third kappa shape index (κ3) is 4.09. The first-order chi connectivity index (χ1) is 11.5. The van der Waals surface area contributed by atoms with Crippen LogP contribution >= 0.6 is 22.9 Å². The van der Waals surface area contributed by atoms with E-state index in [0.717, 1.165) is 40.7 Å². The van der Waals surface area contributed by atoms with Crippen LogP contribution in [0.25, 0.3) is 0 Å². The molecule has 1 saturated carbocycles. The van der Waals surface area contributed by atoms with Crippen molar-refractivity contribution in [2.75, 3.05) is 19.6 Å². The van der Waals surface area contributed by atoms with Gasteiger partial charge in [0.1, 0.15) is 4.34 Å². The first-order valence-corrected chi connectivity index (χ1v) is 9.92. The molecule has 1 aliphatic carbocycles. The Bertz CT molecular complexity index is 587. The Labute approximate surface area is 151 Å². The topological polar surface area (TPSA) is 62.3 Å². The van der Waals surface area contributed by atoms with Crippen LogP contribution in [0.15, 0.2) is 0 Å². The van der Waals surface area contributed by atoms with Crippen molar-refractivity contribution in [3.63, 3.8) is 0 Å². The third-order valence-corrected chi connectivity index (χ3v) is 6.56. The fourth-order valence-electron chi connectivity index (χ4n) is 3.25. The Kier molecular flexibility index (Phi) is 5.76. The van der Waals surface area contributed by atoms with Crippen LogP contribution < -0.4 is 5.32 Å². The lowest BCUT2D eigenvalue weighted by atomic mass is 9.83. The minimum absolute atomic E-state index is 0.0251. The Morgan fingerprint density at radius 3 is 2.50 bits per heavy atom. The highest BCUT2D eigenvalue weighted by Crippen LogP contribution is 2.30. The molecule has 5 nitrogen and oxygen atoms in total. The van der Waals surface area contributed by atoms with Gasteiger partial charge in [-0.05, 0) is 32.6 Å². The van der Waals surface area contributed by atoms with Gasteiger partial charge in [-0.25, -0.2) is 4.98 Å². The van der Waals surface area contributed by atoms with Gasteiger partial charge < -0.3 is 10.2 Å². The molecule has 0 bridgehead atoms. The summed E-state index contributed by atoms with van der Waals surface area (Å²) in [6, 6.07) is 0. The number of nitrogens with one attached hydrogen (secondary N) is 1. The van der Waals surface area contributed by atoms with Crippen molar-refractivity contribution in [1.29, 1.82) is 0 Å². The predicted octanol–water partition coefficient (Wildman–Crippen LogP) is 2.80. The first-order valence-electron chi connectivity index (χ1n) is 8.73. The number of rotatable bonds is 5. The van der Waals surface area contributed by atoms with E-state index in [-0.39, 0.29) is 17.7 Å². The minimum Gasteiger partial charge on any atom is -0.355 e. The van der Waals surface area contributed by atoms with E-state index in [2.05, 4.69) is 10.3 Å². The summed E-state index contributed by atoms with van der Waals surface area (Å²) in [4.78, 5) is 30.8. The number of hydrogen-bond acceptors (Lipinski definition) is 4. The van der Waals surface area contributed by atoms with E-state index < -0.39 is 0 Å². The molecule has 2 aliphatic rings. The monoisotopic (exact) mass is 369 g/mol. The number of carbonyl (C=O) groups excluding carboxylic acids is 2. The number of likely N-dealkylation sites (tertiary alicyclic amines) is 1. The molecule has 1 aliphatic heterocycles. The maximum Gasteiger partial charge on any atom is 0.225 e. The van der Waals surface area contributed by atoms with Crippen molar-refractivity contribution >= 4 is 34.8 Å². The van der Waals surface area contributed by atoms with Crippen LogP contribution in [0.5, 0.6) is 0 Å². The fourth-order valence-corrected chi connectivity index (χ4v) is 4.35. The zero-order chi connectivity index (χ0) is 17.1.